The molecule has 2 aromatic carbocycles. The lowest BCUT2D eigenvalue weighted by Gasteiger charge is -2.36. The Morgan fingerprint density at radius 1 is 1.08 bits per heavy atom. The zero-order valence-electron chi connectivity index (χ0n) is 22.7. The second-order valence-corrected chi connectivity index (χ2v) is 16.1. The number of hydrogen-bond acceptors (Lipinski definition) is 5. The molecule has 0 fully saturated rings. The SMILES string of the molecule is CC(C)(C)[Si](C)(C)Oc1cccc(-c2c[n+]3c(c(Cc4ccccc4F)n2)NC(Cc2ccco2)C3=O)c1F. The zero-order chi connectivity index (χ0) is 27.9. The van der Waals surface area contributed by atoms with Crippen molar-refractivity contribution in [2.45, 2.75) is 57.8 Å². The maximum Gasteiger partial charge on any atom is 0.359 e. The van der Waals surface area contributed by atoms with Gasteiger partial charge in [0.2, 0.25) is 6.04 Å². The molecular formula is C30H32F2N3O3Si+. The first-order valence-corrected chi connectivity index (χ1v) is 15.9. The highest BCUT2D eigenvalue weighted by Crippen LogP contribution is 2.39. The van der Waals surface area contributed by atoms with Gasteiger partial charge in [-0.1, -0.05) is 45.0 Å². The standard InChI is InChI=1S/C30H31F2N3O3Si/c1-30(2,3)39(4,5)38-26-14-8-12-21(27(26)32)25-18-35-28(23(33-25)16-19-10-6-7-13-22(19)31)34-24(29(35)36)17-20-11-9-15-37-20/h6-15,18,24H,16-17H2,1-5H3/p+1. The summed E-state index contributed by atoms with van der Waals surface area (Å²) in [6.45, 7) is 10.4. The fourth-order valence-corrected chi connectivity index (χ4v) is 5.35. The summed E-state index contributed by atoms with van der Waals surface area (Å²) in [4.78, 5) is 18.2. The second kappa shape index (κ2) is 10.0. The van der Waals surface area contributed by atoms with Crippen molar-refractivity contribution in [2.75, 3.05) is 5.32 Å². The van der Waals surface area contributed by atoms with Crippen LogP contribution in [-0.4, -0.2) is 25.3 Å². The summed E-state index contributed by atoms with van der Waals surface area (Å²) in [5.41, 5.74) is 1.32. The highest BCUT2D eigenvalue weighted by molar-refractivity contribution is 6.74. The van der Waals surface area contributed by atoms with Crippen molar-refractivity contribution in [3.8, 4) is 17.0 Å². The van der Waals surface area contributed by atoms with Gasteiger partial charge in [-0.25, -0.2) is 18.6 Å². The molecule has 6 nitrogen and oxygen atoms in total. The number of furan rings is 1. The highest BCUT2D eigenvalue weighted by atomic mass is 28.4. The first kappa shape index (κ1) is 26.7. The van der Waals surface area contributed by atoms with Gasteiger partial charge in [-0.15, -0.1) is 0 Å². The van der Waals surface area contributed by atoms with Gasteiger partial charge in [-0.3, -0.25) is 5.32 Å². The lowest BCUT2D eigenvalue weighted by Crippen LogP contribution is -2.44. The molecule has 1 aliphatic rings. The molecule has 0 amide bonds. The number of rotatable bonds is 7. The Balaban J connectivity index is 1.58. The first-order valence-electron chi connectivity index (χ1n) is 12.9. The molecule has 0 radical (unpaired) electrons. The fraction of sp³-hybridized carbons (Fsp3) is 0.300. The molecule has 0 saturated heterocycles. The van der Waals surface area contributed by atoms with E-state index in [0.717, 1.165) is 0 Å². The monoisotopic (exact) mass is 548 g/mol. The van der Waals surface area contributed by atoms with Crippen molar-refractivity contribution in [2.24, 2.45) is 0 Å². The Morgan fingerprint density at radius 2 is 1.85 bits per heavy atom. The summed E-state index contributed by atoms with van der Waals surface area (Å²) < 4.78 is 43.7. The van der Waals surface area contributed by atoms with Crippen molar-refractivity contribution in [1.82, 2.24) is 4.98 Å². The first-order chi connectivity index (χ1) is 18.4. The number of hydrogen-bond donors (Lipinski definition) is 1. The van der Waals surface area contributed by atoms with E-state index in [4.69, 9.17) is 13.8 Å². The fourth-order valence-electron chi connectivity index (χ4n) is 4.33. The molecule has 1 aliphatic heterocycles. The van der Waals surface area contributed by atoms with Crippen LogP contribution in [0.5, 0.6) is 5.75 Å². The van der Waals surface area contributed by atoms with E-state index in [0.29, 0.717) is 29.3 Å². The maximum atomic E-state index is 16.0. The van der Waals surface area contributed by atoms with Crippen LogP contribution >= 0.6 is 0 Å². The summed E-state index contributed by atoms with van der Waals surface area (Å²) in [5.74, 6) is 0.113. The third-order valence-electron chi connectivity index (χ3n) is 7.58. The van der Waals surface area contributed by atoms with Crippen LogP contribution in [0.2, 0.25) is 18.1 Å². The van der Waals surface area contributed by atoms with Crippen LogP contribution in [0.25, 0.3) is 11.3 Å². The molecule has 0 bridgehead atoms. The normalized spacial score (nSPS) is 15.3. The van der Waals surface area contributed by atoms with Gasteiger partial charge in [0.05, 0.1) is 12.7 Å². The van der Waals surface area contributed by atoms with E-state index >= 15 is 4.39 Å². The van der Waals surface area contributed by atoms with Crippen molar-refractivity contribution < 1.29 is 27.0 Å². The Bertz CT molecular complexity index is 1530. The molecule has 9 heteroatoms. The lowest BCUT2D eigenvalue weighted by molar-refractivity contribution is -0.552. The van der Waals surface area contributed by atoms with Gasteiger partial charge in [0, 0.05) is 12.0 Å². The molecule has 39 heavy (non-hydrogen) atoms. The van der Waals surface area contributed by atoms with Crippen molar-refractivity contribution in [3.63, 3.8) is 0 Å². The Morgan fingerprint density at radius 3 is 2.54 bits per heavy atom. The predicted octanol–water partition coefficient (Wildman–Crippen LogP) is 6.56. The van der Waals surface area contributed by atoms with Gasteiger partial charge in [-0.05, 0) is 54.0 Å². The van der Waals surface area contributed by atoms with Crippen LogP contribution in [0.15, 0.2) is 71.5 Å². The van der Waals surface area contributed by atoms with Crippen LogP contribution in [0.4, 0.5) is 14.6 Å². The minimum atomic E-state index is -2.32. The van der Waals surface area contributed by atoms with Crippen LogP contribution in [0.3, 0.4) is 0 Å². The van der Waals surface area contributed by atoms with Gasteiger partial charge in [-0.2, -0.15) is 4.57 Å². The Kier molecular flexibility index (Phi) is 6.88. The highest BCUT2D eigenvalue weighted by Gasteiger charge is 2.42. The summed E-state index contributed by atoms with van der Waals surface area (Å²) in [5, 5.41) is 3.12. The predicted molar refractivity (Wildman–Crippen MR) is 147 cm³/mol. The van der Waals surface area contributed by atoms with E-state index in [1.807, 2.05) is 0 Å². The number of benzene rings is 2. The van der Waals surface area contributed by atoms with Crippen LogP contribution in [0.1, 0.15) is 42.6 Å². The minimum absolute atomic E-state index is 0.116. The molecule has 4 aromatic rings. The number of nitrogens with one attached hydrogen (secondary N) is 1. The number of carbonyl (C=O) groups excluding carboxylic acids is 1. The van der Waals surface area contributed by atoms with Crippen molar-refractivity contribution in [1.29, 1.82) is 0 Å². The lowest BCUT2D eigenvalue weighted by atomic mass is 10.1. The van der Waals surface area contributed by atoms with Gasteiger partial charge in [0.15, 0.2) is 5.82 Å². The summed E-state index contributed by atoms with van der Waals surface area (Å²) in [7, 11) is -2.32. The topological polar surface area (TPSA) is 68.2 Å². The molecular weight excluding hydrogens is 516 g/mol. The van der Waals surface area contributed by atoms with Crippen LogP contribution in [0, 0.1) is 11.6 Å². The summed E-state index contributed by atoms with van der Waals surface area (Å²) in [6, 6.07) is 14.3. The average Bonchev–Trinajstić information content (AvgIpc) is 3.49. The third-order valence-corrected chi connectivity index (χ3v) is 11.9. The molecule has 2 aromatic heterocycles. The number of fused-ring (bicyclic) bond motifs is 1. The molecule has 5 rings (SSSR count). The molecule has 0 spiro atoms. The van der Waals surface area contributed by atoms with E-state index in [9.17, 15) is 9.18 Å². The molecule has 0 saturated carbocycles. The third kappa shape index (κ3) is 5.23. The number of anilines is 1. The van der Waals surface area contributed by atoms with E-state index in [1.54, 1.807) is 54.8 Å². The molecule has 1 N–H and O–H groups in total. The summed E-state index contributed by atoms with van der Waals surface area (Å²) >= 11 is 0. The zero-order valence-corrected chi connectivity index (χ0v) is 23.7. The van der Waals surface area contributed by atoms with Crippen LogP contribution < -0.4 is 14.3 Å². The minimum Gasteiger partial charge on any atom is -0.542 e. The van der Waals surface area contributed by atoms with Crippen molar-refractivity contribution in [3.05, 3.63) is 95.7 Å². The van der Waals surface area contributed by atoms with Crippen LogP contribution in [-0.2, 0) is 12.8 Å². The van der Waals surface area contributed by atoms with Gasteiger partial charge in [0.25, 0.3) is 8.32 Å². The number of halogens is 2. The van der Waals surface area contributed by atoms with E-state index in [1.165, 1.54) is 16.8 Å². The largest absolute Gasteiger partial charge is 0.542 e. The second-order valence-electron chi connectivity index (χ2n) is 11.4. The number of aromatic nitrogens is 2. The van der Waals surface area contributed by atoms with Crippen molar-refractivity contribution >= 4 is 20.0 Å². The van der Waals surface area contributed by atoms with E-state index in [-0.39, 0.29) is 40.2 Å². The quantitative estimate of drug-likeness (QED) is 0.209. The maximum absolute atomic E-state index is 16.0. The molecule has 0 aliphatic carbocycles. The molecule has 202 valence electrons. The molecule has 1 unspecified atom stereocenters. The molecule has 3 heterocycles. The summed E-state index contributed by atoms with van der Waals surface area (Å²) in [6.07, 6.45) is 3.53. The van der Waals surface area contributed by atoms with E-state index in [2.05, 4.69) is 39.2 Å². The number of nitrogens with zero attached hydrogens (tertiary/aromatic N) is 2. The Hall–Kier alpha value is -3.85. The smallest absolute Gasteiger partial charge is 0.359 e. The molecule has 1 atom stereocenters. The van der Waals surface area contributed by atoms with Gasteiger partial charge >= 0.3 is 11.7 Å². The Labute approximate surface area is 227 Å². The van der Waals surface area contributed by atoms with Gasteiger partial charge in [0.1, 0.15) is 34.9 Å². The average molecular weight is 549 g/mol. The van der Waals surface area contributed by atoms with E-state index < -0.39 is 20.2 Å². The number of carbonyl (C=O) groups is 1. The van der Waals surface area contributed by atoms with Gasteiger partial charge < -0.3 is 8.84 Å².